The van der Waals surface area contributed by atoms with Crippen LogP contribution in [0.3, 0.4) is 0 Å². The molecule has 136 valence electrons. The molecule has 0 aromatic heterocycles. The largest absolute Gasteiger partial charge is 0.573 e. The third-order valence-electron chi connectivity index (χ3n) is 4.20. The lowest BCUT2D eigenvalue weighted by molar-refractivity contribution is -0.274. The molecule has 2 aromatic rings. The molecular weight excluding hydrogens is 354 g/mol. The first-order valence-electron chi connectivity index (χ1n) is 7.54. The quantitative estimate of drug-likeness (QED) is 0.593. The molecule has 26 heavy (non-hydrogen) atoms. The highest BCUT2D eigenvalue weighted by Gasteiger charge is 2.45. The van der Waals surface area contributed by atoms with E-state index in [9.17, 15) is 27.2 Å². The second-order valence-corrected chi connectivity index (χ2v) is 6.32. The predicted molar refractivity (Wildman–Crippen MR) is 85.1 cm³/mol. The van der Waals surface area contributed by atoms with Gasteiger partial charge in [-0.25, -0.2) is 4.39 Å². The summed E-state index contributed by atoms with van der Waals surface area (Å²) in [6.07, 6.45) is -4.33. The third-order valence-corrected chi connectivity index (χ3v) is 4.20. The fraction of sp³-hybridized carbons (Fsp3) is 0.222. The van der Waals surface area contributed by atoms with Crippen LogP contribution in [0.4, 0.5) is 28.9 Å². The van der Waals surface area contributed by atoms with E-state index in [1.807, 2.05) is 0 Å². The zero-order chi connectivity index (χ0) is 19.3. The van der Waals surface area contributed by atoms with Crippen molar-refractivity contribution in [1.29, 1.82) is 0 Å². The van der Waals surface area contributed by atoms with Crippen LogP contribution in [0.15, 0.2) is 36.4 Å². The van der Waals surface area contributed by atoms with Gasteiger partial charge in [-0.2, -0.15) is 0 Å². The van der Waals surface area contributed by atoms with Crippen molar-refractivity contribution in [2.75, 3.05) is 4.90 Å². The molecule has 4 nitrogen and oxygen atoms in total. The van der Waals surface area contributed by atoms with Crippen molar-refractivity contribution in [1.82, 2.24) is 0 Å². The number of anilines is 2. The number of rotatable bonds is 3. The smallest absolute Gasteiger partial charge is 0.406 e. The lowest BCUT2D eigenvalue weighted by Gasteiger charge is -2.21. The molecule has 1 heterocycles. The third kappa shape index (κ3) is 2.91. The van der Waals surface area contributed by atoms with Crippen molar-refractivity contribution in [3.05, 3.63) is 53.3 Å². The Bertz CT molecular complexity index is 906. The molecule has 2 aromatic carbocycles. The van der Waals surface area contributed by atoms with Gasteiger partial charge in [0.05, 0.1) is 16.8 Å². The molecule has 0 bridgehead atoms. The zero-order valence-corrected chi connectivity index (χ0v) is 13.7. The fourth-order valence-electron chi connectivity index (χ4n) is 2.93. The normalized spacial score (nSPS) is 15.8. The minimum absolute atomic E-state index is 0.300. The summed E-state index contributed by atoms with van der Waals surface area (Å²) in [5.74, 6) is -2.05. The Morgan fingerprint density at radius 2 is 1.77 bits per heavy atom. The number of ether oxygens (including phenoxy) is 1. The van der Waals surface area contributed by atoms with E-state index in [2.05, 4.69) is 4.74 Å². The van der Waals surface area contributed by atoms with Crippen LogP contribution in [-0.4, -0.2) is 18.6 Å². The van der Waals surface area contributed by atoms with Crippen LogP contribution in [0.1, 0.15) is 29.8 Å². The number of amides is 1. The predicted octanol–water partition coefficient (Wildman–Crippen LogP) is 4.49. The number of hydrogen-bond acceptors (Lipinski definition) is 3. The number of halogens is 4. The number of alkyl halides is 3. The van der Waals surface area contributed by atoms with Crippen molar-refractivity contribution in [2.45, 2.75) is 25.6 Å². The number of carbonyl (C=O) groups is 2. The molecular formula is C18H13F4NO3. The van der Waals surface area contributed by atoms with E-state index in [1.165, 1.54) is 18.2 Å². The molecule has 0 unspecified atom stereocenters. The van der Waals surface area contributed by atoms with Crippen LogP contribution in [-0.2, 0) is 10.2 Å². The second kappa shape index (κ2) is 5.82. The van der Waals surface area contributed by atoms with Gasteiger partial charge in [0, 0.05) is 11.6 Å². The van der Waals surface area contributed by atoms with Gasteiger partial charge in [-0.3, -0.25) is 14.5 Å². The molecule has 1 aliphatic rings. The van der Waals surface area contributed by atoms with Gasteiger partial charge in [0.25, 0.3) is 0 Å². The summed E-state index contributed by atoms with van der Waals surface area (Å²) >= 11 is 0. The highest BCUT2D eigenvalue weighted by molar-refractivity contribution is 6.13. The average molecular weight is 367 g/mol. The molecule has 0 spiro atoms. The van der Waals surface area contributed by atoms with E-state index < -0.39 is 29.3 Å². The summed E-state index contributed by atoms with van der Waals surface area (Å²) in [4.78, 5) is 24.8. The summed E-state index contributed by atoms with van der Waals surface area (Å²) in [5.41, 5.74) is -0.326. The molecule has 0 aliphatic carbocycles. The van der Waals surface area contributed by atoms with E-state index in [1.54, 1.807) is 13.8 Å². The van der Waals surface area contributed by atoms with Crippen molar-refractivity contribution < 1.29 is 31.9 Å². The number of fused-ring (bicyclic) bond motifs is 1. The van der Waals surface area contributed by atoms with Crippen LogP contribution >= 0.6 is 0 Å². The van der Waals surface area contributed by atoms with E-state index in [0.717, 1.165) is 23.1 Å². The van der Waals surface area contributed by atoms with Gasteiger partial charge in [0.1, 0.15) is 17.9 Å². The first-order chi connectivity index (χ1) is 12.0. The molecule has 3 rings (SSSR count). The maximum atomic E-state index is 14.3. The lowest BCUT2D eigenvalue weighted by Crippen LogP contribution is -2.33. The summed E-state index contributed by atoms with van der Waals surface area (Å²) in [5, 5.41) is 0. The Morgan fingerprint density at radius 3 is 2.38 bits per heavy atom. The Labute approximate surface area is 146 Å². The van der Waals surface area contributed by atoms with Gasteiger partial charge < -0.3 is 4.74 Å². The maximum absolute atomic E-state index is 14.3. The van der Waals surface area contributed by atoms with Gasteiger partial charge >= 0.3 is 6.36 Å². The summed E-state index contributed by atoms with van der Waals surface area (Å²) in [6, 6.07) is 6.86. The molecule has 0 fully saturated rings. The van der Waals surface area contributed by atoms with Crippen LogP contribution < -0.4 is 9.64 Å². The number of carbonyl (C=O) groups excluding carboxylic acids is 2. The van der Waals surface area contributed by atoms with E-state index in [4.69, 9.17) is 0 Å². The molecule has 0 saturated carbocycles. The number of hydrogen-bond donors (Lipinski definition) is 0. The standard InChI is InChI=1S/C18H13F4NO3/c1-17(2)12-7-10(9-24)3-6-14(12)23(16(17)25)15-8-11(4-5-13(15)19)26-18(20,21)22/h3-9H,1-2H3. The van der Waals surface area contributed by atoms with Crippen molar-refractivity contribution in [3.8, 4) is 5.75 Å². The van der Waals surface area contributed by atoms with Gasteiger partial charge in [-0.1, -0.05) is 0 Å². The minimum atomic E-state index is -4.94. The monoisotopic (exact) mass is 367 g/mol. The van der Waals surface area contributed by atoms with E-state index in [0.29, 0.717) is 23.1 Å². The minimum Gasteiger partial charge on any atom is -0.406 e. The highest BCUT2D eigenvalue weighted by atomic mass is 19.4. The number of aldehydes is 1. The van der Waals surface area contributed by atoms with Crippen molar-refractivity contribution >= 4 is 23.6 Å². The van der Waals surface area contributed by atoms with Crippen LogP contribution in [0.5, 0.6) is 5.75 Å². The van der Waals surface area contributed by atoms with Gasteiger partial charge in [-0.15, -0.1) is 13.2 Å². The Balaban J connectivity index is 2.15. The molecule has 0 radical (unpaired) electrons. The second-order valence-electron chi connectivity index (χ2n) is 6.32. The van der Waals surface area contributed by atoms with Crippen LogP contribution in [0.2, 0.25) is 0 Å². The number of benzene rings is 2. The van der Waals surface area contributed by atoms with E-state index in [-0.39, 0.29) is 5.69 Å². The summed E-state index contributed by atoms with van der Waals surface area (Å²) in [6.45, 7) is 3.19. The first kappa shape index (κ1) is 17.9. The molecule has 8 heteroatoms. The topological polar surface area (TPSA) is 46.6 Å². The van der Waals surface area contributed by atoms with E-state index >= 15 is 0 Å². The zero-order valence-electron chi connectivity index (χ0n) is 13.7. The van der Waals surface area contributed by atoms with Crippen molar-refractivity contribution in [3.63, 3.8) is 0 Å². The Morgan fingerprint density at radius 1 is 1.08 bits per heavy atom. The van der Waals surface area contributed by atoms with Crippen LogP contribution in [0.25, 0.3) is 0 Å². The molecule has 0 atom stereocenters. The first-order valence-corrected chi connectivity index (χ1v) is 7.54. The Kier molecular flexibility index (Phi) is 4.01. The highest BCUT2D eigenvalue weighted by Crippen LogP contribution is 2.46. The maximum Gasteiger partial charge on any atom is 0.573 e. The van der Waals surface area contributed by atoms with Gasteiger partial charge in [0.15, 0.2) is 0 Å². The summed E-state index contributed by atoms with van der Waals surface area (Å²) in [7, 11) is 0. The van der Waals surface area contributed by atoms with Crippen molar-refractivity contribution in [2.24, 2.45) is 0 Å². The molecule has 1 amide bonds. The fourth-order valence-corrected chi connectivity index (χ4v) is 2.93. The molecule has 0 N–H and O–H groups in total. The van der Waals surface area contributed by atoms with Gasteiger partial charge in [0.2, 0.25) is 5.91 Å². The van der Waals surface area contributed by atoms with Crippen LogP contribution in [0, 0.1) is 5.82 Å². The molecule has 1 aliphatic heterocycles. The Hall–Kier alpha value is -2.90. The summed E-state index contributed by atoms with van der Waals surface area (Å²) < 4.78 is 55.5. The SMILES string of the molecule is CC1(C)C(=O)N(c2cc(OC(F)(F)F)ccc2F)c2ccc(C=O)cc21. The molecule has 0 saturated heterocycles. The average Bonchev–Trinajstić information content (AvgIpc) is 2.75. The van der Waals surface area contributed by atoms with Gasteiger partial charge in [-0.05, 0) is 49.7 Å². The number of nitrogens with zero attached hydrogens (tertiary/aromatic N) is 1. The lowest BCUT2D eigenvalue weighted by atomic mass is 9.85.